The maximum atomic E-state index is 11.6. The maximum absolute atomic E-state index is 11.6. The topological polar surface area (TPSA) is 75.0 Å². The minimum absolute atomic E-state index is 0.00382. The van der Waals surface area contributed by atoms with Gasteiger partial charge in [0.1, 0.15) is 0 Å². The molecule has 1 fully saturated rings. The molecule has 5 heteroatoms. The van der Waals surface area contributed by atoms with E-state index in [2.05, 4.69) is 10.2 Å². The number of H-pyrrole nitrogens is 1. The Morgan fingerprint density at radius 2 is 2.50 bits per heavy atom. The molecule has 1 aliphatic rings. The Kier molecular flexibility index (Phi) is 2.96. The van der Waals surface area contributed by atoms with Crippen LogP contribution in [-0.4, -0.2) is 39.6 Å². The van der Waals surface area contributed by atoms with Gasteiger partial charge in [-0.15, -0.1) is 0 Å². The van der Waals surface area contributed by atoms with Crippen LogP contribution in [0.1, 0.15) is 24.7 Å². The molecule has 0 spiro atoms. The number of aryl methyl sites for hydroxylation is 1. The van der Waals surface area contributed by atoms with E-state index in [-0.39, 0.29) is 18.0 Å². The van der Waals surface area contributed by atoms with Gasteiger partial charge in [0.2, 0.25) is 5.91 Å². The number of nitrogens with zero attached hydrogens (tertiary/aromatic N) is 2. The SMILES string of the molecule is Cc1cc(CC(C)N2CC(N)CC2=O)n[nH]1. The van der Waals surface area contributed by atoms with Crippen LogP contribution < -0.4 is 5.73 Å². The van der Waals surface area contributed by atoms with Gasteiger partial charge >= 0.3 is 0 Å². The van der Waals surface area contributed by atoms with Crippen molar-refractivity contribution in [1.29, 1.82) is 0 Å². The molecule has 1 aliphatic heterocycles. The van der Waals surface area contributed by atoms with Gasteiger partial charge in [0, 0.05) is 37.2 Å². The zero-order valence-corrected chi connectivity index (χ0v) is 9.73. The number of hydrogen-bond donors (Lipinski definition) is 2. The van der Waals surface area contributed by atoms with E-state index in [1.807, 2.05) is 24.8 Å². The molecule has 16 heavy (non-hydrogen) atoms. The van der Waals surface area contributed by atoms with Gasteiger partial charge in [0.25, 0.3) is 0 Å². The summed E-state index contributed by atoms with van der Waals surface area (Å²) in [6.45, 7) is 4.68. The second kappa shape index (κ2) is 4.25. The summed E-state index contributed by atoms with van der Waals surface area (Å²) < 4.78 is 0. The second-order valence-corrected chi connectivity index (χ2v) is 4.61. The minimum Gasteiger partial charge on any atom is -0.338 e. The van der Waals surface area contributed by atoms with Gasteiger partial charge in [-0.2, -0.15) is 5.10 Å². The fourth-order valence-electron chi connectivity index (χ4n) is 2.18. The highest BCUT2D eigenvalue weighted by Crippen LogP contribution is 2.15. The first-order chi connectivity index (χ1) is 7.56. The minimum atomic E-state index is -0.00382. The van der Waals surface area contributed by atoms with Gasteiger partial charge in [-0.1, -0.05) is 0 Å². The first kappa shape index (κ1) is 11.1. The molecule has 0 radical (unpaired) electrons. The summed E-state index contributed by atoms with van der Waals surface area (Å²) in [5.74, 6) is 0.159. The molecule has 2 rings (SSSR count). The molecule has 5 nitrogen and oxygen atoms in total. The number of aromatic nitrogens is 2. The van der Waals surface area contributed by atoms with Crippen LogP contribution in [0.25, 0.3) is 0 Å². The van der Waals surface area contributed by atoms with Gasteiger partial charge < -0.3 is 10.6 Å². The normalized spacial score (nSPS) is 22.8. The van der Waals surface area contributed by atoms with Gasteiger partial charge in [0.15, 0.2) is 0 Å². The maximum Gasteiger partial charge on any atom is 0.224 e. The van der Waals surface area contributed by atoms with E-state index in [1.165, 1.54) is 0 Å². The zero-order valence-electron chi connectivity index (χ0n) is 9.73. The molecule has 2 unspecified atom stereocenters. The molecular formula is C11H18N4O. The van der Waals surface area contributed by atoms with Crippen molar-refractivity contribution in [2.75, 3.05) is 6.54 Å². The van der Waals surface area contributed by atoms with Gasteiger partial charge in [-0.3, -0.25) is 9.89 Å². The molecule has 0 aliphatic carbocycles. The number of nitrogens with two attached hydrogens (primary N) is 1. The van der Waals surface area contributed by atoms with Gasteiger partial charge in [-0.05, 0) is 19.9 Å². The number of rotatable bonds is 3. The molecule has 0 aromatic carbocycles. The number of carbonyl (C=O) groups excluding carboxylic acids is 1. The predicted molar refractivity (Wildman–Crippen MR) is 60.8 cm³/mol. The highest BCUT2D eigenvalue weighted by molar-refractivity contribution is 5.79. The van der Waals surface area contributed by atoms with Crippen LogP contribution in [-0.2, 0) is 11.2 Å². The fourth-order valence-corrected chi connectivity index (χ4v) is 2.18. The molecule has 1 saturated heterocycles. The Labute approximate surface area is 95.0 Å². The number of amides is 1. The summed E-state index contributed by atoms with van der Waals surface area (Å²) >= 11 is 0. The molecule has 0 bridgehead atoms. The van der Waals surface area contributed by atoms with Crippen LogP contribution in [0.4, 0.5) is 0 Å². The van der Waals surface area contributed by atoms with Gasteiger partial charge in [-0.25, -0.2) is 0 Å². The van der Waals surface area contributed by atoms with Crippen molar-refractivity contribution in [2.45, 2.75) is 38.8 Å². The Balaban J connectivity index is 1.98. The first-order valence-electron chi connectivity index (χ1n) is 5.62. The Morgan fingerprint density at radius 1 is 1.75 bits per heavy atom. The van der Waals surface area contributed by atoms with E-state index < -0.39 is 0 Å². The van der Waals surface area contributed by atoms with E-state index in [4.69, 9.17) is 5.73 Å². The van der Waals surface area contributed by atoms with Crippen molar-refractivity contribution < 1.29 is 4.79 Å². The molecule has 1 aromatic rings. The number of hydrogen-bond acceptors (Lipinski definition) is 3. The van der Waals surface area contributed by atoms with Crippen LogP contribution in [0.3, 0.4) is 0 Å². The summed E-state index contributed by atoms with van der Waals surface area (Å²) in [6, 6.07) is 2.18. The second-order valence-electron chi connectivity index (χ2n) is 4.61. The quantitative estimate of drug-likeness (QED) is 0.767. The van der Waals surface area contributed by atoms with Crippen molar-refractivity contribution in [3.63, 3.8) is 0 Å². The van der Waals surface area contributed by atoms with Crippen molar-refractivity contribution in [2.24, 2.45) is 5.73 Å². The van der Waals surface area contributed by atoms with E-state index in [0.717, 1.165) is 17.8 Å². The molecule has 3 N–H and O–H groups in total. The van der Waals surface area contributed by atoms with Gasteiger partial charge in [0.05, 0.1) is 5.69 Å². The summed E-state index contributed by atoms with van der Waals surface area (Å²) in [5.41, 5.74) is 7.81. The van der Waals surface area contributed by atoms with Crippen LogP contribution in [0.15, 0.2) is 6.07 Å². The van der Waals surface area contributed by atoms with E-state index in [1.54, 1.807) is 0 Å². The largest absolute Gasteiger partial charge is 0.338 e. The summed E-state index contributed by atoms with van der Waals surface area (Å²) in [6.07, 6.45) is 1.26. The molecule has 1 amide bonds. The summed E-state index contributed by atoms with van der Waals surface area (Å²) in [4.78, 5) is 13.5. The number of likely N-dealkylation sites (tertiary alicyclic amines) is 1. The molecule has 1 aromatic heterocycles. The molecule has 88 valence electrons. The smallest absolute Gasteiger partial charge is 0.224 e. The Bertz CT molecular complexity index is 387. The van der Waals surface area contributed by atoms with E-state index in [0.29, 0.717) is 13.0 Å². The third-order valence-electron chi connectivity index (χ3n) is 2.98. The van der Waals surface area contributed by atoms with Crippen LogP contribution in [0, 0.1) is 6.92 Å². The van der Waals surface area contributed by atoms with Crippen LogP contribution in [0.5, 0.6) is 0 Å². The first-order valence-corrected chi connectivity index (χ1v) is 5.62. The van der Waals surface area contributed by atoms with Crippen molar-refractivity contribution in [1.82, 2.24) is 15.1 Å². The lowest BCUT2D eigenvalue weighted by Crippen LogP contribution is -2.37. The van der Waals surface area contributed by atoms with E-state index in [9.17, 15) is 4.79 Å². The van der Waals surface area contributed by atoms with Crippen molar-refractivity contribution in [3.8, 4) is 0 Å². The molecule has 2 atom stereocenters. The number of carbonyl (C=O) groups is 1. The van der Waals surface area contributed by atoms with Crippen LogP contribution >= 0.6 is 0 Å². The van der Waals surface area contributed by atoms with Crippen molar-refractivity contribution in [3.05, 3.63) is 17.5 Å². The number of nitrogens with one attached hydrogen (secondary N) is 1. The third-order valence-corrected chi connectivity index (χ3v) is 2.98. The third kappa shape index (κ3) is 2.24. The monoisotopic (exact) mass is 222 g/mol. The average Bonchev–Trinajstić information content (AvgIpc) is 2.73. The molecule has 2 heterocycles. The lowest BCUT2D eigenvalue weighted by Gasteiger charge is -2.23. The highest BCUT2D eigenvalue weighted by atomic mass is 16.2. The summed E-state index contributed by atoms with van der Waals surface area (Å²) in [5, 5.41) is 7.08. The zero-order chi connectivity index (χ0) is 11.7. The van der Waals surface area contributed by atoms with Crippen LogP contribution in [0.2, 0.25) is 0 Å². The average molecular weight is 222 g/mol. The standard InChI is InChI=1S/C11H18N4O/c1-7-3-10(14-13-7)4-8(2)15-6-9(12)5-11(15)16/h3,8-9H,4-6,12H2,1-2H3,(H,13,14). The number of aromatic amines is 1. The Morgan fingerprint density at radius 3 is 3.00 bits per heavy atom. The summed E-state index contributed by atoms with van der Waals surface area (Å²) in [7, 11) is 0. The Hall–Kier alpha value is -1.36. The highest BCUT2D eigenvalue weighted by Gasteiger charge is 2.30. The molecule has 0 saturated carbocycles. The lowest BCUT2D eigenvalue weighted by atomic mass is 10.1. The van der Waals surface area contributed by atoms with E-state index >= 15 is 0 Å². The fraction of sp³-hybridized carbons (Fsp3) is 0.636. The van der Waals surface area contributed by atoms with Crippen molar-refractivity contribution >= 4 is 5.91 Å². The predicted octanol–water partition coefficient (Wildman–Crippen LogP) is 0.209. The lowest BCUT2D eigenvalue weighted by molar-refractivity contribution is -0.129. The molecular weight excluding hydrogens is 204 g/mol.